The highest BCUT2D eigenvalue weighted by molar-refractivity contribution is 6.30. The molecule has 10 heteroatoms. The first-order chi connectivity index (χ1) is 23.1. The van der Waals surface area contributed by atoms with Gasteiger partial charge >= 0.3 is 6.09 Å². The minimum atomic E-state index is -0.939. The molecule has 1 saturated heterocycles. The van der Waals surface area contributed by atoms with E-state index in [0.717, 1.165) is 22.4 Å². The zero-order valence-corrected chi connectivity index (χ0v) is 32.9. The number of aromatic nitrogens is 2. The van der Waals surface area contributed by atoms with Crippen LogP contribution in [0.1, 0.15) is 129 Å². The standard InChI is InChI=1S/C33H41ClFN5O3.3C2H6/c1-18(2)19(3)23-14-36-38-29(23)40-17-33(8,24-10-9-11-25(34)28(24)35)27-20(4)26(13-12-22(27)30(40)41)37-21-15-39(16-21)31(42)43-32(5,6)7;3*1-2/h9-14,18-19,21,37H,15-17H2,1-8H3,(H,36,38);3*1-2H3. The van der Waals surface area contributed by atoms with Crippen LogP contribution in [0.3, 0.4) is 0 Å². The van der Waals surface area contributed by atoms with Crippen LogP contribution < -0.4 is 10.2 Å². The highest BCUT2D eigenvalue weighted by atomic mass is 35.5. The maximum absolute atomic E-state index is 15.8. The second kappa shape index (κ2) is 17.4. The van der Waals surface area contributed by atoms with Crippen LogP contribution in [-0.2, 0) is 10.2 Å². The van der Waals surface area contributed by atoms with Crippen molar-refractivity contribution in [2.24, 2.45) is 5.92 Å². The summed E-state index contributed by atoms with van der Waals surface area (Å²) in [6, 6.07) is 8.74. The van der Waals surface area contributed by atoms with E-state index in [4.69, 9.17) is 16.3 Å². The molecule has 0 spiro atoms. The molecule has 2 aromatic carbocycles. The van der Waals surface area contributed by atoms with Gasteiger partial charge in [0.1, 0.15) is 17.2 Å². The van der Waals surface area contributed by atoms with Crippen molar-refractivity contribution < 1.29 is 18.7 Å². The molecule has 2 aliphatic heterocycles. The minimum absolute atomic E-state index is 0.0132. The van der Waals surface area contributed by atoms with Gasteiger partial charge < -0.3 is 15.0 Å². The molecular weight excluding hydrogens is 641 g/mol. The molecule has 0 saturated carbocycles. The first kappa shape index (κ1) is 41.6. The smallest absolute Gasteiger partial charge is 0.410 e. The molecule has 0 bridgehead atoms. The van der Waals surface area contributed by atoms with Gasteiger partial charge in [-0.3, -0.25) is 14.8 Å². The summed E-state index contributed by atoms with van der Waals surface area (Å²) in [6.45, 7) is 29.0. The molecule has 2 atom stereocenters. The average molecular weight is 700 g/mol. The van der Waals surface area contributed by atoms with Crippen molar-refractivity contribution >= 4 is 35.1 Å². The Hall–Kier alpha value is -3.59. The second-order valence-electron chi connectivity index (χ2n) is 13.4. The Bertz CT molecular complexity index is 1560. The van der Waals surface area contributed by atoms with Gasteiger partial charge in [-0.05, 0) is 75.8 Å². The maximum atomic E-state index is 15.8. The molecule has 3 heterocycles. The van der Waals surface area contributed by atoms with Gasteiger partial charge in [0.2, 0.25) is 0 Å². The molecule has 2 aliphatic rings. The number of fused-ring (bicyclic) bond motifs is 1. The average Bonchev–Trinajstić information content (AvgIpc) is 3.53. The van der Waals surface area contributed by atoms with E-state index >= 15 is 4.39 Å². The number of amides is 2. The number of anilines is 2. The quantitative estimate of drug-likeness (QED) is 0.267. The number of ether oxygens (including phenoxy) is 1. The number of aromatic amines is 1. The topological polar surface area (TPSA) is 90.6 Å². The number of nitrogens with one attached hydrogen (secondary N) is 2. The molecule has 272 valence electrons. The van der Waals surface area contributed by atoms with E-state index < -0.39 is 16.8 Å². The first-order valence-electron chi connectivity index (χ1n) is 17.8. The molecule has 1 fully saturated rings. The summed E-state index contributed by atoms with van der Waals surface area (Å²) in [4.78, 5) is 30.0. The van der Waals surface area contributed by atoms with Crippen LogP contribution in [0.2, 0.25) is 5.02 Å². The molecule has 0 aliphatic carbocycles. The Labute approximate surface area is 299 Å². The highest BCUT2D eigenvalue weighted by Gasteiger charge is 2.46. The Kier molecular flexibility index (Phi) is 14.7. The number of hydrogen-bond donors (Lipinski definition) is 2. The minimum Gasteiger partial charge on any atom is -0.444 e. The van der Waals surface area contributed by atoms with E-state index in [1.165, 1.54) is 6.07 Å². The van der Waals surface area contributed by atoms with Crippen molar-refractivity contribution in [2.45, 2.75) is 120 Å². The van der Waals surface area contributed by atoms with E-state index in [9.17, 15) is 9.59 Å². The zero-order chi connectivity index (χ0) is 37.4. The highest BCUT2D eigenvalue weighted by Crippen LogP contribution is 2.46. The Morgan fingerprint density at radius 3 is 2.27 bits per heavy atom. The number of benzene rings is 2. The first-order valence-corrected chi connectivity index (χ1v) is 18.2. The molecule has 5 rings (SSSR count). The van der Waals surface area contributed by atoms with Crippen molar-refractivity contribution in [3.05, 3.63) is 75.2 Å². The number of nitrogens with zero attached hydrogens (tertiary/aromatic N) is 3. The molecule has 1 aromatic heterocycles. The van der Waals surface area contributed by atoms with E-state index in [0.29, 0.717) is 36.0 Å². The van der Waals surface area contributed by atoms with Crippen LogP contribution in [0.5, 0.6) is 0 Å². The molecule has 0 radical (unpaired) electrons. The van der Waals surface area contributed by atoms with Crippen molar-refractivity contribution in [3.8, 4) is 0 Å². The van der Waals surface area contributed by atoms with Gasteiger partial charge in [-0.15, -0.1) is 0 Å². The Morgan fingerprint density at radius 1 is 1.08 bits per heavy atom. The zero-order valence-electron chi connectivity index (χ0n) is 32.1. The summed E-state index contributed by atoms with van der Waals surface area (Å²) in [5.74, 6) is 0.423. The van der Waals surface area contributed by atoms with Crippen LogP contribution in [0.4, 0.5) is 20.7 Å². The van der Waals surface area contributed by atoms with E-state index in [1.54, 1.807) is 28.1 Å². The van der Waals surface area contributed by atoms with Gasteiger partial charge in [-0.25, -0.2) is 9.18 Å². The summed E-state index contributed by atoms with van der Waals surface area (Å²) in [7, 11) is 0. The van der Waals surface area contributed by atoms with Gasteiger partial charge in [-0.1, -0.05) is 86.0 Å². The van der Waals surface area contributed by atoms with Gasteiger partial charge in [0.05, 0.1) is 17.3 Å². The van der Waals surface area contributed by atoms with Gasteiger partial charge in [0, 0.05) is 47.4 Å². The molecule has 3 aromatic rings. The summed E-state index contributed by atoms with van der Waals surface area (Å²) in [6.07, 6.45) is 1.43. The molecule has 49 heavy (non-hydrogen) atoms. The number of H-pyrrole nitrogens is 1. The summed E-state index contributed by atoms with van der Waals surface area (Å²) in [5.41, 5.74) is 2.79. The second-order valence-corrected chi connectivity index (χ2v) is 13.8. The van der Waals surface area contributed by atoms with E-state index in [2.05, 4.69) is 36.3 Å². The predicted molar refractivity (Wildman–Crippen MR) is 202 cm³/mol. The fourth-order valence-corrected chi connectivity index (χ4v) is 6.34. The Morgan fingerprint density at radius 2 is 1.69 bits per heavy atom. The third kappa shape index (κ3) is 8.77. The number of likely N-dealkylation sites (tertiary alicyclic amines) is 1. The van der Waals surface area contributed by atoms with Crippen LogP contribution >= 0.6 is 11.6 Å². The monoisotopic (exact) mass is 699 g/mol. The maximum Gasteiger partial charge on any atom is 0.410 e. The predicted octanol–water partition coefficient (Wildman–Crippen LogP) is 10.3. The lowest BCUT2D eigenvalue weighted by Gasteiger charge is -2.44. The van der Waals surface area contributed by atoms with E-state index in [-0.39, 0.29) is 35.5 Å². The molecule has 2 unspecified atom stereocenters. The van der Waals surface area contributed by atoms with Crippen molar-refractivity contribution in [1.82, 2.24) is 15.1 Å². The van der Waals surface area contributed by atoms with Gasteiger partial charge in [0.15, 0.2) is 0 Å². The summed E-state index contributed by atoms with van der Waals surface area (Å²) < 4.78 is 21.3. The van der Waals surface area contributed by atoms with Gasteiger partial charge in [0.25, 0.3) is 5.91 Å². The number of carbonyl (C=O) groups is 2. The lowest BCUT2D eigenvalue weighted by Crippen LogP contribution is -2.58. The van der Waals surface area contributed by atoms with Crippen LogP contribution in [-0.4, -0.2) is 58.4 Å². The number of hydrogen-bond acceptors (Lipinski definition) is 5. The largest absolute Gasteiger partial charge is 0.444 e. The molecule has 2 amide bonds. The third-order valence-electron chi connectivity index (χ3n) is 8.81. The van der Waals surface area contributed by atoms with Crippen LogP contribution in [0, 0.1) is 18.7 Å². The molecule has 8 nitrogen and oxygen atoms in total. The van der Waals surface area contributed by atoms with Crippen molar-refractivity contribution in [3.63, 3.8) is 0 Å². The number of halogens is 2. The Balaban J connectivity index is 0.00000132. The lowest BCUT2D eigenvalue weighted by molar-refractivity contribution is 0.0105. The number of carbonyl (C=O) groups excluding carboxylic acids is 2. The van der Waals surface area contributed by atoms with E-state index in [1.807, 2.05) is 88.3 Å². The SMILES string of the molecule is CC.CC.CC.Cc1c(NC2CN(C(=O)OC(C)(C)C)C2)ccc2c1C(C)(c1cccc(Cl)c1F)CN(c1[nH]ncc1C(C)C(C)C)C2=O. The van der Waals surface area contributed by atoms with Crippen LogP contribution in [0.15, 0.2) is 36.5 Å². The normalized spacial score (nSPS) is 17.7. The number of rotatable bonds is 6. The molecular formula is C39H59ClFN5O3. The van der Waals surface area contributed by atoms with Gasteiger partial charge in [-0.2, -0.15) is 5.10 Å². The third-order valence-corrected chi connectivity index (χ3v) is 9.11. The van der Waals surface area contributed by atoms with Crippen molar-refractivity contribution in [1.29, 1.82) is 0 Å². The lowest BCUT2D eigenvalue weighted by atomic mass is 9.69. The fraction of sp³-hybridized carbons (Fsp3) is 0.564. The van der Waals surface area contributed by atoms with Crippen molar-refractivity contribution in [2.75, 3.05) is 29.9 Å². The summed E-state index contributed by atoms with van der Waals surface area (Å²) in [5, 5.41) is 10.9. The fourth-order valence-electron chi connectivity index (χ4n) is 6.16. The van der Waals surface area contributed by atoms with Crippen LogP contribution in [0.25, 0.3) is 0 Å². The summed E-state index contributed by atoms with van der Waals surface area (Å²) >= 11 is 6.31. The molecule has 2 N–H and O–H groups in total.